The Bertz CT molecular complexity index is 477. The number of likely N-dealkylation sites (tertiary alicyclic amines) is 1. The lowest BCUT2D eigenvalue weighted by molar-refractivity contribution is -0.126. The Morgan fingerprint density at radius 3 is 2.61 bits per heavy atom. The molecule has 0 aliphatic carbocycles. The Morgan fingerprint density at radius 1 is 1.13 bits per heavy atom. The average Bonchev–Trinajstić information content (AvgIpc) is 2.62. The van der Waals surface area contributed by atoms with Crippen molar-refractivity contribution in [1.29, 1.82) is 0 Å². The van der Waals surface area contributed by atoms with Crippen LogP contribution in [-0.4, -0.2) is 43.2 Å². The predicted molar refractivity (Wildman–Crippen MR) is 91.0 cm³/mol. The second-order valence-corrected chi connectivity index (χ2v) is 6.77. The summed E-state index contributed by atoms with van der Waals surface area (Å²) in [6.45, 7) is 4.63. The van der Waals surface area contributed by atoms with Gasteiger partial charge in [-0.2, -0.15) is 0 Å². The first-order chi connectivity index (χ1) is 11.3. The molecule has 1 amide bonds. The van der Waals surface area contributed by atoms with E-state index >= 15 is 0 Å². The number of amides is 1. The Morgan fingerprint density at radius 2 is 1.91 bits per heavy atom. The summed E-state index contributed by atoms with van der Waals surface area (Å²) in [6.07, 6.45) is 6.04. The van der Waals surface area contributed by atoms with Crippen LogP contribution in [-0.2, 0) is 16.1 Å². The highest BCUT2D eigenvalue weighted by Crippen LogP contribution is 2.20. The molecule has 0 spiro atoms. The Labute approximate surface area is 139 Å². The van der Waals surface area contributed by atoms with Crippen LogP contribution >= 0.6 is 0 Å². The fourth-order valence-electron chi connectivity index (χ4n) is 3.55. The molecule has 1 N–H and O–H groups in total. The number of hydrogen-bond acceptors (Lipinski definition) is 3. The van der Waals surface area contributed by atoms with Crippen molar-refractivity contribution in [3.63, 3.8) is 0 Å². The molecule has 126 valence electrons. The van der Waals surface area contributed by atoms with Gasteiger partial charge >= 0.3 is 0 Å². The molecule has 1 aromatic rings. The van der Waals surface area contributed by atoms with Gasteiger partial charge in [0, 0.05) is 25.6 Å². The summed E-state index contributed by atoms with van der Waals surface area (Å²) in [7, 11) is 0. The Kier molecular flexibility index (Phi) is 6.06. The molecule has 1 atom stereocenters. The second kappa shape index (κ2) is 8.46. The van der Waals surface area contributed by atoms with Gasteiger partial charge < -0.3 is 15.0 Å². The summed E-state index contributed by atoms with van der Waals surface area (Å²) in [6, 6.07) is 10.1. The number of ether oxygens (including phenoxy) is 1. The van der Waals surface area contributed by atoms with Crippen LogP contribution in [0.4, 0.5) is 0 Å². The van der Waals surface area contributed by atoms with Crippen LogP contribution in [0.15, 0.2) is 30.3 Å². The number of piperidine rings is 1. The van der Waals surface area contributed by atoms with Gasteiger partial charge in [0.05, 0.1) is 6.10 Å². The Balaban J connectivity index is 1.37. The highest BCUT2D eigenvalue weighted by atomic mass is 16.5. The van der Waals surface area contributed by atoms with E-state index in [4.69, 9.17) is 4.74 Å². The number of nitrogens with zero attached hydrogens (tertiary/aromatic N) is 1. The van der Waals surface area contributed by atoms with Crippen molar-refractivity contribution in [3.8, 4) is 0 Å². The summed E-state index contributed by atoms with van der Waals surface area (Å²) in [4.78, 5) is 14.8. The van der Waals surface area contributed by atoms with E-state index in [1.165, 1.54) is 19.3 Å². The topological polar surface area (TPSA) is 41.6 Å². The van der Waals surface area contributed by atoms with Gasteiger partial charge in [-0.1, -0.05) is 30.3 Å². The van der Waals surface area contributed by atoms with Crippen LogP contribution in [0.25, 0.3) is 0 Å². The van der Waals surface area contributed by atoms with Gasteiger partial charge in [0.15, 0.2) is 0 Å². The van der Waals surface area contributed by atoms with Crippen molar-refractivity contribution < 1.29 is 9.53 Å². The third-order valence-corrected chi connectivity index (χ3v) is 5.00. The van der Waals surface area contributed by atoms with E-state index in [1.54, 1.807) is 0 Å². The van der Waals surface area contributed by atoms with Crippen molar-refractivity contribution in [3.05, 3.63) is 35.9 Å². The van der Waals surface area contributed by atoms with Crippen LogP contribution < -0.4 is 5.32 Å². The van der Waals surface area contributed by atoms with Crippen LogP contribution in [0.1, 0.15) is 37.7 Å². The van der Waals surface area contributed by atoms with E-state index in [-0.39, 0.29) is 11.8 Å². The first-order valence-corrected chi connectivity index (χ1v) is 8.97. The molecule has 1 unspecified atom stereocenters. The van der Waals surface area contributed by atoms with E-state index in [9.17, 15) is 4.79 Å². The molecule has 2 fully saturated rings. The van der Waals surface area contributed by atoms with E-state index in [0.717, 1.165) is 44.6 Å². The fourth-order valence-corrected chi connectivity index (χ4v) is 3.55. The summed E-state index contributed by atoms with van der Waals surface area (Å²) in [5, 5.41) is 3.08. The quantitative estimate of drug-likeness (QED) is 0.908. The van der Waals surface area contributed by atoms with Crippen molar-refractivity contribution in [2.24, 2.45) is 5.92 Å². The molecule has 2 aliphatic heterocycles. The summed E-state index contributed by atoms with van der Waals surface area (Å²) in [5.74, 6) is 0.379. The molecule has 4 heteroatoms. The van der Waals surface area contributed by atoms with Crippen molar-refractivity contribution in [1.82, 2.24) is 10.2 Å². The van der Waals surface area contributed by atoms with Gasteiger partial charge in [0.1, 0.15) is 0 Å². The molecule has 2 aliphatic rings. The predicted octanol–water partition coefficient (Wildman–Crippen LogP) is 2.58. The highest BCUT2D eigenvalue weighted by molar-refractivity contribution is 5.78. The standard InChI is InChI=1S/C19H28N2O2/c22-19(20-14-16-6-2-1-3-7-16)17-9-11-21(12-10-17)15-18-8-4-5-13-23-18/h1-3,6-7,17-18H,4-5,8-15H2,(H,20,22). The van der Waals surface area contributed by atoms with Crippen molar-refractivity contribution in [2.45, 2.75) is 44.8 Å². The maximum absolute atomic E-state index is 12.3. The van der Waals surface area contributed by atoms with Crippen molar-refractivity contribution in [2.75, 3.05) is 26.2 Å². The molecular formula is C19H28N2O2. The van der Waals surface area contributed by atoms with Gasteiger partial charge in [-0.3, -0.25) is 4.79 Å². The Hall–Kier alpha value is -1.39. The minimum atomic E-state index is 0.169. The lowest BCUT2D eigenvalue weighted by atomic mass is 9.95. The number of rotatable bonds is 5. The largest absolute Gasteiger partial charge is 0.377 e. The zero-order valence-corrected chi connectivity index (χ0v) is 13.9. The molecular weight excluding hydrogens is 288 g/mol. The molecule has 4 nitrogen and oxygen atoms in total. The van der Waals surface area contributed by atoms with E-state index in [1.807, 2.05) is 30.3 Å². The highest BCUT2D eigenvalue weighted by Gasteiger charge is 2.26. The molecule has 0 bridgehead atoms. The van der Waals surface area contributed by atoms with Crippen LogP contribution in [0, 0.1) is 5.92 Å². The molecule has 2 saturated heterocycles. The number of carbonyl (C=O) groups is 1. The molecule has 3 rings (SSSR count). The first-order valence-electron chi connectivity index (χ1n) is 8.97. The number of benzene rings is 1. The van der Waals surface area contributed by atoms with Gasteiger partial charge in [-0.25, -0.2) is 0 Å². The minimum Gasteiger partial charge on any atom is -0.377 e. The van der Waals surface area contributed by atoms with Gasteiger partial charge in [0.2, 0.25) is 5.91 Å². The van der Waals surface area contributed by atoms with Gasteiger partial charge in [-0.15, -0.1) is 0 Å². The van der Waals surface area contributed by atoms with E-state index in [2.05, 4.69) is 10.2 Å². The third-order valence-electron chi connectivity index (χ3n) is 5.00. The fraction of sp³-hybridized carbons (Fsp3) is 0.632. The average molecular weight is 316 g/mol. The smallest absolute Gasteiger partial charge is 0.223 e. The SMILES string of the molecule is O=C(NCc1ccccc1)C1CCN(CC2CCCCO2)CC1. The molecule has 2 heterocycles. The molecule has 0 radical (unpaired) electrons. The molecule has 0 saturated carbocycles. The second-order valence-electron chi connectivity index (χ2n) is 6.77. The van der Waals surface area contributed by atoms with E-state index < -0.39 is 0 Å². The summed E-state index contributed by atoms with van der Waals surface area (Å²) >= 11 is 0. The molecule has 23 heavy (non-hydrogen) atoms. The molecule has 0 aromatic heterocycles. The molecule has 1 aromatic carbocycles. The van der Waals surface area contributed by atoms with E-state index in [0.29, 0.717) is 12.6 Å². The minimum absolute atomic E-state index is 0.169. The van der Waals surface area contributed by atoms with Gasteiger partial charge in [0.25, 0.3) is 0 Å². The normalized spacial score (nSPS) is 23.6. The lowest BCUT2D eigenvalue weighted by Crippen LogP contribution is -2.43. The van der Waals surface area contributed by atoms with Crippen LogP contribution in [0.3, 0.4) is 0 Å². The third kappa shape index (κ3) is 5.05. The monoisotopic (exact) mass is 316 g/mol. The zero-order chi connectivity index (χ0) is 15.9. The maximum atomic E-state index is 12.3. The maximum Gasteiger partial charge on any atom is 0.223 e. The number of hydrogen-bond donors (Lipinski definition) is 1. The number of nitrogens with one attached hydrogen (secondary N) is 1. The van der Waals surface area contributed by atoms with Gasteiger partial charge in [-0.05, 0) is 50.8 Å². The zero-order valence-electron chi connectivity index (χ0n) is 13.9. The first kappa shape index (κ1) is 16.5. The van der Waals surface area contributed by atoms with Crippen molar-refractivity contribution >= 4 is 5.91 Å². The number of carbonyl (C=O) groups excluding carboxylic acids is 1. The van der Waals surface area contributed by atoms with Crippen LogP contribution in [0.5, 0.6) is 0 Å². The summed E-state index contributed by atoms with van der Waals surface area (Å²) < 4.78 is 5.82. The summed E-state index contributed by atoms with van der Waals surface area (Å²) in [5.41, 5.74) is 1.16. The lowest BCUT2D eigenvalue weighted by Gasteiger charge is -2.34. The van der Waals surface area contributed by atoms with Crippen LogP contribution in [0.2, 0.25) is 0 Å².